The molecule has 6 N–H and O–H groups in total. The number of rotatable bonds is 9. The number of amides is 2. The van der Waals surface area contributed by atoms with Crippen molar-refractivity contribution in [2.45, 2.75) is 12.8 Å². The second kappa shape index (κ2) is 10.8. The van der Waals surface area contributed by atoms with Crippen LogP contribution < -0.4 is 35.9 Å². The highest BCUT2D eigenvalue weighted by Gasteiger charge is 2.26. The zero-order valence-corrected chi connectivity index (χ0v) is 20.3. The number of methoxy groups -OCH3 is 1. The smallest absolute Gasteiger partial charge is 0.330 e. The van der Waals surface area contributed by atoms with Crippen molar-refractivity contribution in [3.05, 3.63) is 42.6 Å². The third-order valence-corrected chi connectivity index (χ3v) is 6.79. The summed E-state index contributed by atoms with van der Waals surface area (Å²) in [5.74, 6) is 2.19. The Labute approximate surface area is 207 Å². The predicted octanol–water partition coefficient (Wildman–Crippen LogP) is 1.72. The van der Waals surface area contributed by atoms with Gasteiger partial charge in [0.25, 0.3) is 10.2 Å². The number of nitrogens with one attached hydrogen (secondary N) is 2. The summed E-state index contributed by atoms with van der Waals surface area (Å²) in [5, 5.41) is 14.1. The van der Waals surface area contributed by atoms with Crippen LogP contribution in [-0.2, 0) is 10.2 Å². The molecule has 0 unspecified atom stereocenters. The highest BCUT2D eigenvalue weighted by atomic mass is 32.2. The molecule has 0 radical (unpaired) electrons. The molecule has 36 heavy (non-hydrogen) atoms. The third kappa shape index (κ3) is 6.21. The zero-order valence-electron chi connectivity index (χ0n) is 19.5. The SMILES string of the molecule is COc1cc2c(Oc3ccc(NNC(N)=O)cc3)cnnc2cc1OCC1CCN(S(N)(=O)=O)CC1. The van der Waals surface area contributed by atoms with E-state index in [0.717, 1.165) is 0 Å². The molecule has 1 aliphatic heterocycles. The van der Waals surface area contributed by atoms with Crippen molar-refractivity contribution in [2.24, 2.45) is 16.8 Å². The van der Waals surface area contributed by atoms with Crippen LogP contribution in [0.25, 0.3) is 10.9 Å². The molecular formula is C22H27N7O6S. The molecule has 0 atom stereocenters. The summed E-state index contributed by atoms with van der Waals surface area (Å²) < 4.78 is 41.8. The van der Waals surface area contributed by atoms with Gasteiger partial charge in [0.15, 0.2) is 17.2 Å². The number of carbonyl (C=O) groups is 1. The number of fused-ring (bicyclic) bond motifs is 1. The Morgan fingerprint density at radius 3 is 2.50 bits per heavy atom. The van der Waals surface area contributed by atoms with Crippen LogP contribution in [0, 0.1) is 5.92 Å². The maximum absolute atomic E-state index is 11.5. The summed E-state index contributed by atoms with van der Waals surface area (Å²) in [4.78, 5) is 10.8. The molecule has 0 spiro atoms. The quantitative estimate of drug-likeness (QED) is 0.307. The number of nitrogens with two attached hydrogens (primary N) is 2. The topological polar surface area (TPSA) is 184 Å². The van der Waals surface area contributed by atoms with E-state index in [0.29, 0.717) is 72.1 Å². The first-order chi connectivity index (χ1) is 17.2. The average molecular weight is 518 g/mol. The molecule has 14 heteroatoms. The molecule has 0 saturated carbocycles. The lowest BCUT2D eigenvalue weighted by molar-refractivity contribution is 0.181. The summed E-state index contributed by atoms with van der Waals surface area (Å²) in [6.45, 7) is 1.13. The third-order valence-electron chi connectivity index (χ3n) is 5.71. The number of benzene rings is 2. The van der Waals surface area contributed by atoms with E-state index < -0.39 is 16.2 Å². The molecule has 192 valence electrons. The van der Waals surface area contributed by atoms with Gasteiger partial charge < -0.3 is 19.9 Å². The number of piperidine rings is 1. The van der Waals surface area contributed by atoms with Crippen molar-refractivity contribution >= 4 is 32.8 Å². The minimum absolute atomic E-state index is 0.180. The Bertz CT molecular complexity index is 1330. The van der Waals surface area contributed by atoms with E-state index in [9.17, 15) is 13.2 Å². The van der Waals surface area contributed by atoms with Crippen LogP contribution >= 0.6 is 0 Å². The zero-order chi connectivity index (χ0) is 25.7. The van der Waals surface area contributed by atoms with Gasteiger partial charge in [0, 0.05) is 19.2 Å². The Morgan fingerprint density at radius 1 is 1.14 bits per heavy atom. The van der Waals surface area contributed by atoms with Crippen LogP contribution in [0.15, 0.2) is 42.6 Å². The number of hydrogen-bond acceptors (Lipinski definition) is 9. The van der Waals surface area contributed by atoms with E-state index in [4.69, 9.17) is 25.1 Å². The van der Waals surface area contributed by atoms with Crippen molar-refractivity contribution in [3.63, 3.8) is 0 Å². The molecule has 4 rings (SSSR count). The fourth-order valence-electron chi connectivity index (χ4n) is 3.80. The highest BCUT2D eigenvalue weighted by molar-refractivity contribution is 7.86. The van der Waals surface area contributed by atoms with Crippen LogP contribution in [0.1, 0.15) is 12.8 Å². The van der Waals surface area contributed by atoms with Crippen molar-refractivity contribution in [1.29, 1.82) is 0 Å². The lowest BCUT2D eigenvalue weighted by Crippen LogP contribution is -2.43. The van der Waals surface area contributed by atoms with Gasteiger partial charge in [-0.1, -0.05) is 0 Å². The first kappa shape index (κ1) is 25.2. The van der Waals surface area contributed by atoms with Gasteiger partial charge >= 0.3 is 6.03 Å². The second-order valence-electron chi connectivity index (χ2n) is 8.17. The van der Waals surface area contributed by atoms with Gasteiger partial charge in [-0.15, -0.1) is 0 Å². The number of aromatic nitrogens is 2. The van der Waals surface area contributed by atoms with Crippen molar-refractivity contribution < 1.29 is 27.4 Å². The predicted molar refractivity (Wildman–Crippen MR) is 132 cm³/mol. The Hall–Kier alpha value is -3.88. The number of urea groups is 1. The monoisotopic (exact) mass is 517 g/mol. The summed E-state index contributed by atoms with van der Waals surface area (Å²) in [7, 11) is -2.12. The second-order valence-corrected chi connectivity index (χ2v) is 9.71. The lowest BCUT2D eigenvalue weighted by atomic mass is 9.99. The van der Waals surface area contributed by atoms with Gasteiger partial charge in [-0.3, -0.25) is 10.9 Å². The number of primary amides is 1. The molecule has 0 bridgehead atoms. The Balaban J connectivity index is 1.46. The van der Waals surface area contributed by atoms with Gasteiger partial charge in [-0.05, 0) is 49.1 Å². The van der Waals surface area contributed by atoms with E-state index in [1.807, 2.05) is 0 Å². The number of hydrogen-bond donors (Lipinski definition) is 4. The summed E-state index contributed by atoms with van der Waals surface area (Å²) in [6.07, 6.45) is 2.80. The van der Waals surface area contributed by atoms with E-state index >= 15 is 0 Å². The largest absolute Gasteiger partial charge is 0.493 e. The summed E-state index contributed by atoms with van der Waals surface area (Å²) in [5.41, 5.74) is 11.2. The number of nitrogens with zero attached hydrogens (tertiary/aromatic N) is 3. The maximum atomic E-state index is 11.5. The van der Waals surface area contributed by atoms with Gasteiger partial charge in [-0.25, -0.2) is 9.93 Å². The average Bonchev–Trinajstić information content (AvgIpc) is 2.86. The molecular weight excluding hydrogens is 490 g/mol. The molecule has 13 nitrogen and oxygen atoms in total. The number of ether oxygens (including phenoxy) is 3. The molecule has 0 aliphatic carbocycles. The van der Waals surface area contributed by atoms with E-state index in [2.05, 4.69) is 21.0 Å². The normalized spacial score (nSPS) is 14.8. The van der Waals surface area contributed by atoms with Gasteiger partial charge in [0.2, 0.25) is 0 Å². The lowest BCUT2D eigenvalue weighted by Gasteiger charge is -2.29. The van der Waals surface area contributed by atoms with Crippen LogP contribution in [0.2, 0.25) is 0 Å². The van der Waals surface area contributed by atoms with Gasteiger partial charge in [-0.2, -0.15) is 22.9 Å². The molecule has 3 aromatic rings. The fourth-order valence-corrected chi connectivity index (χ4v) is 4.52. The van der Waals surface area contributed by atoms with Crippen LogP contribution in [0.4, 0.5) is 10.5 Å². The van der Waals surface area contributed by atoms with Crippen LogP contribution in [0.3, 0.4) is 0 Å². The standard InChI is InChI=1S/C22H27N7O6S/c1-33-19-10-17-18(11-20(19)34-13-14-6-8-29(9-7-14)36(24,31)32)27-25-12-21(17)35-16-4-2-15(3-5-16)26-28-22(23)30/h2-5,10-12,14,26H,6-9,13H2,1H3,(H3,23,28,30)(H2,24,31,32). The van der Waals surface area contributed by atoms with Crippen LogP contribution in [-0.4, -0.2) is 55.8 Å². The maximum Gasteiger partial charge on any atom is 0.330 e. The van der Waals surface area contributed by atoms with Crippen molar-refractivity contribution in [1.82, 2.24) is 19.9 Å². The Kier molecular flexibility index (Phi) is 7.57. The molecule has 2 aromatic carbocycles. The number of anilines is 1. The first-order valence-electron chi connectivity index (χ1n) is 11.1. The minimum atomic E-state index is -3.66. The van der Waals surface area contributed by atoms with Gasteiger partial charge in [0.05, 0.1) is 31.0 Å². The molecule has 1 fully saturated rings. The van der Waals surface area contributed by atoms with Crippen molar-refractivity contribution in [3.8, 4) is 23.0 Å². The molecule has 1 saturated heterocycles. The van der Waals surface area contributed by atoms with Crippen molar-refractivity contribution in [2.75, 3.05) is 32.2 Å². The summed E-state index contributed by atoms with van der Waals surface area (Å²) in [6, 6.07) is 9.65. The fraction of sp³-hybridized carbons (Fsp3) is 0.318. The van der Waals surface area contributed by atoms with E-state index in [1.165, 1.54) is 10.5 Å². The molecule has 1 aromatic heterocycles. The number of carbonyl (C=O) groups excluding carboxylic acids is 1. The summed E-state index contributed by atoms with van der Waals surface area (Å²) >= 11 is 0. The molecule has 1 aliphatic rings. The highest BCUT2D eigenvalue weighted by Crippen LogP contribution is 2.37. The minimum Gasteiger partial charge on any atom is -0.493 e. The van der Waals surface area contributed by atoms with Crippen LogP contribution in [0.5, 0.6) is 23.0 Å². The van der Waals surface area contributed by atoms with E-state index in [-0.39, 0.29) is 5.92 Å². The van der Waals surface area contributed by atoms with Gasteiger partial charge in [0.1, 0.15) is 11.3 Å². The molecule has 2 heterocycles. The number of hydrazine groups is 1. The first-order valence-corrected chi connectivity index (χ1v) is 12.6. The Morgan fingerprint density at radius 2 is 1.86 bits per heavy atom. The van der Waals surface area contributed by atoms with E-state index in [1.54, 1.807) is 43.5 Å². The molecule has 2 amide bonds.